The van der Waals surface area contributed by atoms with Crippen molar-refractivity contribution in [2.45, 2.75) is 37.7 Å². The molecule has 2 aliphatic rings. The van der Waals surface area contributed by atoms with Gasteiger partial charge >= 0.3 is 13.5 Å². The summed E-state index contributed by atoms with van der Waals surface area (Å²) in [4.78, 5) is 46.5. The number of hydrogen-bond acceptors (Lipinski definition) is 16. The molecule has 6 atom stereocenters. The zero-order valence-corrected chi connectivity index (χ0v) is 25.5. The van der Waals surface area contributed by atoms with Crippen LogP contribution in [0.1, 0.15) is 12.1 Å². The second kappa shape index (κ2) is 11.2. The van der Waals surface area contributed by atoms with Crippen LogP contribution in [0.25, 0.3) is 22.3 Å². The first-order chi connectivity index (χ1) is 20.4. The fourth-order valence-corrected chi connectivity index (χ4v) is 7.41. The van der Waals surface area contributed by atoms with Gasteiger partial charge in [-0.1, -0.05) is 18.8 Å². The zero-order chi connectivity index (χ0) is 30.7. The van der Waals surface area contributed by atoms with E-state index in [2.05, 4.69) is 48.7 Å². The quantitative estimate of drug-likeness (QED) is 0.145. The summed E-state index contributed by atoms with van der Waals surface area (Å²) < 4.78 is 51.1. The molecule has 0 spiro atoms. The van der Waals surface area contributed by atoms with Crippen molar-refractivity contribution >= 4 is 71.7 Å². The SMILES string of the molecule is C=C1OP(O)(=S)OCCn2c(nc3c(N)ncnc32)COP(=O)(S)O[C@@H]2[C@H](OC)[C@@H]1O[C@H]2n1cnc2c(=O)[nH]c(N)nc21. The smallest absolute Gasteiger partial charge is 0.387 e. The number of nitrogens with one attached hydrogen (secondary N) is 1. The van der Waals surface area contributed by atoms with Gasteiger partial charge in [-0.3, -0.25) is 27.9 Å². The van der Waals surface area contributed by atoms with Crippen molar-refractivity contribution in [1.82, 2.24) is 39.0 Å². The zero-order valence-electron chi connectivity index (χ0n) is 22.0. The molecule has 4 aromatic heterocycles. The summed E-state index contributed by atoms with van der Waals surface area (Å²) in [6.45, 7) is -4.82. The molecule has 230 valence electrons. The number of fused-ring (bicyclic) bond motifs is 6. The van der Waals surface area contributed by atoms with Crippen LogP contribution in [0.5, 0.6) is 0 Å². The summed E-state index contributed by atoms with van der Waals surface area (Å²) in [6, 6.07) is 0. The van der Waals surface area contributed by atoms with Crippen LogP contribution in [0, 0.1) is 0 Å². The summed E-state index contributed by atoms with van der Waals surface area (Å²) >= 11 is 9.41. The molecule has 6 rings (SSSR count). The number of nitrogen functional groups attached to an aromatic ring is 2. The van der Waals surface area contributed by atoms with Crippen molar-refractivity contribution in [3.8, 4) is 0 Å². The number of nitrogens with two attached hydrogens (primary N) is 2. The van der Waals surface area contributed by atoms with Crippen LogP contribution < -0.4 is 17.0 Å². The van der Waals surface area contributed by atoms with E-state index in [1.165, 1.54) is 24.3 Å². The topological polar surface area (TPSA) is 252 Å². The maximum atomic E-state index is 13.7. The summed E-state index contributed by atoms with van der Waals surface area (Å²) in [7, 11) is 1.33. The fourth-order valence-electron chi connectivity index (χ4n) is 4.76. The van der Waals surface area contributed by atoms with Crippen LogP contribution in [0.2, 0.25) is 0 Å². The van der Waals surface area contributed by atoms with Crippen LogP contribution in [0.3, 0.4) is 0 Å². The van der Waals surface area contributed by atoms with Gasteiger partial charge in [0.2, 0.25) is 5.95 Å². The van der Waals surface area contributed by atoms with E-state index in [9.17, 15) is 14.3 Å². The van der Waals surface area contributed by atoms with E-state index < -0.39 is 43.6 Å². The minimum absolute atomic E-state index is 0.0224. The number of aromatic nitrogens is 8. The third-order valence-corrected chi connectivity index (χ3v) is 9.67. The second-order valence-electron chi connectivity index (χ2n) is 9.20. The van der Waals surface area contributed by atoms with Crippen molar-refractivity contribution in [2.24, 2.45) is 0 Å². The molecule has 0 aromatic carbocycles. The summed E-state index contributed by atoms with van der Waals surface area (Å²) in [5.74, 6) is -0.0537. The summed E-state index contributed by atoms with van der Waals surface area (Å²) in [5, 5.41) is 0. The van der Waals surface area contributed by atoms with Gasteiger partial charge in [-0.2, -0.15) is 4.98 Å². The number of nitrogens with zero attached hydrogens (tertiary/aromatic N) is 7. The molecule has 2 aliphatic heterocycles. The van der Waals surface area contributed by atoms with Gasteiger partial charge < -0.3 is 34.9 Å². The van der Waals surface area contributed by atoms with Crippen molar-refractivity contribution in [3.63, 3.8) is 0 Å². The Morgan fingerprint density at radius 3 is 2.79 bits per heavy atom. The molecule has 6 heterocycles. The lowest BCUT2D eigenvalue weighted by molar-refractivity contribution is -0.0298. The summed E-state index contributed by atoms with van der Waals surface area (Å²) in [6.07, 6.45) is -2.28. The van der Waals surface area contributed by atoms with E-state index in [0.29, 0.717) is 5.65 Å². The minimum Gasteiger partial charge on any atom is -0.426 e. The predicted molar refractivity (Wildman–Crippen MR) is 156 cm³/mol. The van der Waals surface area contributed by atoms with E-state index >= 15 is 0 Å². The molecular formula is C20H24N10O9P2S2. The van der Waals surface area contributed by atoms with Crippen molar-refractivity contribution in [1.29, 1.82) is 0 Å². The number of hydrogen-bond donors (Lipinski definition) is 5. The maximum absolute atomic E-state index is 13.7. The van der Waals surface area contributed by atoms with Crippen LogP contribution in [-0.4, -0.2) is 76.0 Å². The Bertz CT molecular complexity index is 1900. The van der Waals surface area contributed by atoms with Gasteiger partial charge in [0.05, 0.1) is 12.9 Å². The van der Waals surface area contributed by atoms with Gasteiger partial charge in [-0.25, -0.2) is 24.5 Å². The van der Waals surface area contributed by atoms with E-state index in [4.69, 9.17) is 50.8 Å². The maximum Gasteiger partial charge on any atom is 0.387 e. The number of methoxy groups -OCH3 is 1. The van der Waals surface area contributed by atoms with Gasteiger partial charge in [0, 0.05) is 25.5 Å². The largest absolute Gasteiger partial charge is 0.426 e. The molecule has 1 saturated heterocycles. The molecule has 1 fully saturated rings. The van der Waals surface area contributed by atoms with E-state index in [-0.39, 0.29) is 59.8 Å². The highest BCUT2D eigenvalue weighted by atomic mass is 32.7. The Morgan fingerprint density at radius 2 is 2.02 bits per heavy atom. The first-order valence-electron chi connectivity index (χ1n) is 12.2. The van der Waals surface area contributed by atoms with Gasteiger partial charge in [-0.15, -0.1) is 0 Å². The highest BCUT2D eigenvalue weighted by Crippen LogP contribution is 2.58. The Kier molecular flexibility index (Phi) is 7.82. The molecule has 19 nitrogen and oxygen atoms in total. The lowest BCUT2D eigenvalue weighted by Crippen LogP contribution is -2.36. The highest BCUT2D eigenvalue weighted by Gasteiger charge is 2.52. The first kappa shape index (κ1) is 30.1. The number of imidazole rings is 2. The monoisotopic (exact) mass is 674 g/mol. The molecule has 0 amide bonds. The Labute approximate surface area is 251 Å². The van der Waals surface area contributed by atoms with Gasteiger partial charge in [0.15, 0.2) is 34.4 Å². The molecule has 0 radical (unpaired) electrons. The lowest BCUT2D eigenvalue weighted by Gasteiger charge is -2.26. The normalized spacial score (nSPS) is 30.5. The van der Waals surface area contributed by atoms with Crippen LogP contribution in [0.15, 0.2) is 29.8 Å². The van der Waals surface area contributed by atoms with Gasteiger partial charge in [0.25, 0.3) is 5.56 Å². The number of rotatable bonds is 2. The molecule has 0 aliphatic carbocycles. The van der Waals surface area contributed by atoms with Crippen molar-refractivity contribution in [2.75, 3.05) is 25.2 Å². The van der Waals surface area contributed by atoms with Crippen LogP contribution in [0.4, 0.5) is 11.8 Å². The van der Waals surface area contributed by atoms with Crippen LogP contribution in [-0.2, 0) is 57.1 Å². The lowest BCUT2D eigenvalue weighted by atomic mass is 10.1. The molecule has 2 unspecified atom stereocenters. The molecule has 23 heteroatoms. The molecule has 0 saturated carbocycles. The van der Waals surface area contributed by atoms with E-state index in [0.717, 1.165) is 0 Å². The number of H-pyrrole nitrogens is 1. The van der Waals surface area contributed by atoms with Crippen LogP contribution >= 0.6 is 25.8 Å². The predicted octanol–water partition coefficient (Wildman–Crippen LogP) is 0.753. The van der Waals surface area contributed by atoms with Gasteiger partial charge in [0.1, 0.15) is 42.8 Å². The number of thiol groups is 1. The number of aromatic amines is 1. The second-order valence-corrected chi connectivity index (χ2v) is 14.8. The summed E-state index contributed by atoms with van der Waals surface area (Å²) in [5.41, 5.74) is 11.7. The van der Waals surface area contributed by atoms with Crippen molar-refractivity contribution in [3.05, 3.63) is 41.2 Å². The molecular weight excluding hydrogens is 650 g/mol. The number of anilines is 2. The van der Waals surface area contributed by atoms with Gasteiger partial charge in [-0.05, 0) is 0 Å². The van der Waals surface area contributed by atoms with Crippen molar-refractivity contribution < 1.29 is 37.0 Å². The Morgan fingerprint density at radius 1 is 1.23 bits per heavy atom. The highest BCUT2D eigenvalue weighted by molar-refractivity contribution is 8.44. The Balaban J connectivity index is 1.43. The van der Waals surface area contributed by atoms with E-state index in [1.807, 2.05) is 0 Å². The molecule has 4 aromatic rings. The molecule has 6 N–H and O–H groups in total. The number of ether oxygens (including phenoxy) is 2. The molecule has 43 heavy (non-hydrogen) atoms. The first-order valence-corrected chi connectivity index (χ1v) is 17.5. The fraction of sp³-hybridized carbons (Fsp3) is 0.400. The average molecular weight is 675 g/mol. The minimum atomic E-state index is -4.24. The molecule has 2 bridgehead atoms. The average Bonchev–Trinajstić information content (AvgIpc) is 3.61. The van der Waals surface area contributed by atoms with E-state index in [1.54, 1.807) is 4.57 Å². The third-order valence-electron chi connectivity index (χ3n) is 6.56. The standard InChI is InChI=1S/C20H24N10O9P2S2/c1-8-12-13(34-2)14(19(37-12)30-7-25-11-17(30)27-20(22)28-18(11)31)39-41(33,43)36-5-9-26-10-15(21)23-6-24-16(10)29(9)3-4-35-40(32,42)38-8/h6-7,12-14,19H,1,3-5H2,2H3,(H,32,42)(H,33,43)(H2,21,23,24)(H3,22,27,28,31)/t12-,13-,14-,19-,40?,41?/m1/s1. The Hall–Kier alpha value is -2.97. The third kappa shape index (κ3) is 5.68.